The summed E-state index contributed by atoms with van der Waals surface area (Å²) in [5.74, 6) is 0.308. The average Bonchev–Trinajstić information content (AvgIpc) is 2.35. The summed E-state index contributed by atoms with van der Waals surface area (Å²) in [5.41, 5.74) is 0. The fourth-order valence-corrected chi connectivity index (χ4v) is 3.32. The van der Waals surface area contributed by atoms with Gasteiger partial charge in [-0.2, -0.15) is 0 Å². The smallest absolute Gasteiger partial charge is 0.116 e. The Morgan fingerprint density at radius 2 is 2.12 bits per heavy atom. The summed E-state index contributed by atoms with van der Waals surface area (Å²) in [4.78, 5) is 1.06. The molecule has 1 fully saturated rings. The fraction of sp³-hybridized carbons (Fsp3) is 0.500. The third-order valence-electron chi connectivity index (χ3n) is 2.88. The minimum Gasteiger partial charge on any atom is -0.508 e. The van der Waals surface area contributed by atoms with E-state index in [0.29, 0.717) is 11.9 Å². The van der Waals surface area contributed by atoms with E-state index in [1.54, 1.807) is 31.2 Å². The van der Waals surface area contributed by atoms with Gasteiger partial charge in [-0.25, -0.2) is 4.31 Å². The van der Waals surface area contributed by atoms with Crippen molar-refractivity contribution in [3.63, 3.8) is 0 Å². The molecular formula is C12H16BrNO2S. The first-order valence-corrected chi connectivity index (χ1v) is 7.20. The molecule has 0 radical (unpaired) electrons. The van der Waals surface area contributed by atoms with Crippen molar-refractivity contribution in [2.75, 3.05) is 20.2 Å². The van der Waals surface area contributed by atoms with E-state index in [9.17, 15) is 5.11 Å². The highest BCUT2D eigenvalue weighted by atomic mass is 79.9. The highest BCUT2D eigenvalue weighted by Crippen LogP contribution is 2.34. The Bertz CT molecular complexity index is 381. The van der Waals surface area contributed by atoms with E-state index in [1.807, 2.05) is 6.07 Å². The van der Waals surface area contributed by atoms with Gasteiger partial charge in [-0.15, -0.1) is 0 Å². The lowest BCUT2D eigenvalue weighted by Gasteiger charge is -2.30. The van der Waals surface area contributed by atoms with Crippen molar-refractivity contribution in [1.82, 2.24) is 4.31 Å². The Labute approximate surface area is 114 Å². The summed E-state index contributed by atoms with van der Waals surface area (Å²) >= 11 is 5.19. The molecule has 0 atom stereocenters. The first-order valence-electron chi connectivity index (χ1n) is 5.63. The number of phenolic OH excluding ortho intramolecular Hbond substituents is 1. The van der Waals surface area contributed by atoms with Gasteiger partial charge < -0.3 is 9.84 Å². The molecule has 5 heteroatoms. The third-order valence-corrected chi connectivity index (χ3v) is 4.99. The largest absolute Gasteiger partial charge is 0.508 e. The molecule has 17 heavy (non-hydrogen) atoms. The number of hydrogen-bond donors (Lipinski definition) is 1. The highest BCUT2D eigenvalue weighted by molar-refractivity contribution is 9.10. The van der Waals surface area contributed by atoms with E-state index in [-0.39, 0.29) is 0 Å². The number of piperidine rings is 1. The molecule has 1 N–H and O–H groups in total. The minimum absolute atomic E-state index is 0.308. The molecule has 0 aliphatic carbocycles. The molecular weight excluding hydrogens is 302 g/mol. The van der Waals surface area contributed by atoms with Gasteiger partial charge in [0, 0.05) is 29.6 Å². The van der Waals surface area contributed by atoms with E-state index in [4.69, 9.17) is 4.74 Å². The summed E-state index contributed by atoms with van der Waals surface area (Å²) in [6.45, 7) is 2.04. The summed E-state index contributed by atoms with van der Waals surface area (Å²) in [6.07, 6.45) is 2.54. The maximum absolute atomic E-state index is 9.47. The second-order valence-corrected chi connectivity index (χ2v) is 6.06. The van der Waals surface area contributed by atoms with E-state index in [0.717, 1.165) is 35.3 Å². The minimum atomic E-state index is 0.308. The lowest BCUT2D eigenvalue weighted by molar-refractivity contribution is 0.0624. The molecule has 0 aromatic heterocycles. The predicted octanol–water partition coefficient (Wildman–Crippen LogP) is 3.27. The van der Waals surface area contributed by atoms with Crippen LogP contribution in [0.25, 0.3) is 0 Å². The van der Waals surface area contributed by atoms with Crippen LogP contribution in [-0.2, 0) is 4.74 Å². The van der Waals surface area contributed by atoms with Gasteiger partial charge in [-0.1, -0.05) is 0 Å². The third kappa shape index (κ3) is 3.61. The lowest BCUT2D eigenvalue weighted by Crippen LogP contribution is -2.32. The van der Waals surface area contributed by atoms with Crippen LogP contribution in [0.1, 0.15) is 12.8 Å². The van der Waals surface area contributed by atoms with Gasteiger partial charge in [0.1, 0.15) is 5.75 Å². The number of rotatable bonds is 3. The van der Waals surface area contributed by atoms with Crippen molar-refractivity contribution < 1.29 is 9.84 Å². The maximum Gasteiger partial charge on any atom is 0.116 e. The van der Waals surface area contributed by atoms with Crippen molar-refractivity contribution in [2.45, 2.75) is 23.8 Å². The number of halogens is 1. The standard InChI is InChI=1S/C12H16BrNO2S/c1-16-10-4-6-14(7-5-10)17-12-8-9(15)2-3-11(12)13/h2-3,8,10,15H,4-7H2,1H3. The van der Waals surface area contributed by atoms with Crippen LogP contribution in [0.5, 0.6) is 5.75 Å². The predicted molar refractivity (Wildman–Crippen MR) is 73.3 cm³/mol. The van der Waals surface area contributed by atoms with Crippen molar-refractivity contribution in [1.29, 1.82) is 0 Å². The van der Waals surface area contributed by atoms with Crippen LogP contribution >= 0.6 is 27.9 Å². The van der Waals surface area contributed by atoms with Crippen LogP contribution in [0.3, 0.4) is 0 Å². The monoisotopic (exact) mass is 317 g/mol. The highest BCUT2D eigenvalue weighted by Gasteiger charge is 2.20. The normalized spacial score (nSPS) is 18.5. The summed E-state index contributed by atoms with van der Waals surface area (Å²) in [6, 6.07) is 5.35. The second kappa shape index (κ2) is 6.09. The van der Waals surface area contributed by atoms with Crippen LogP contribution in [0, 0.1) is 0 Å². The van der Waals surface area contributed by atoms with Crippen LogP contribution in [0.2, 0.25) is 0 Å². The zero-order valence-electron chi connectivity index (χ0n) is 9.73. The van der Waals surface area contributed by atoms with Gasteiger partial charge in [0.2, 0.25) is 0 Å². The van der Waals surface area contributed by atoms with Crippen molar-refractivity contribution in [3.05, 3.63) is 22.7 Å². The van der Waals surface area contributed by atoms with Gasteiger partial charge in [-0.3, -0.25) is 0 Å². The Hall–Kier alpha value is -0.230. The first kappa shape index (κ1) is 13.2. The first-order chi connectivity index (χ1) is 8.19. The molecule has 1 aliphatic heterocycles. The van der Waals surface area contributed by atoms with Crippen LogP contribution in [0.4, 0.5) is 0 Å². The summed E-state index contributed by atoms with van der Waals surface area (Å²) < 4.78 is 8.68. The van der Waals surface area contributed by atoms with Crippen molar-refractivity contribution in [3.8, 4) is 5.75 Å². The number of phenols is 1. The number of ether oxygens (including phenoxy) is 1. The van der Waals surface area contributed by atoms with Crippen molar-refractivity contribution >= 4 is 27.9 Å². The molecule has 0 unspecified atom stereocenters. The zero-order valence-corrected chi connectivity index (χ0v) is 12.1. The van der Waals surface area contributed by atoms with Crippen LogP contribution in [0.15, 0.2) is 27.6 Å². The number of methoxy groups -OCH3 is 1. The van der Waals surface area contributed by atoms with E-state index < -0.39 is 0 Å². The quantitative estimate of drug-likeness (QED) is 0.867. The number of hydrogen-bond acceptors (Lipinski definition) is 4. The average molecular weight is 318 g/mol. The SMILES string of the molecule is COC1CCN(Sc2cc(O)ccc2Br)CC1. The molecule has 1 heterocycles. The molecule has 0 bridgehead atoms. The Balaban J connectivity index is 1.95. The Morgan fingerprint density at radius 3 is 2.76 bits per heavy atom. The number of aromatic hydroxyl groups is 1. The number of nitrogens with zero attached hydrogens (tertiary/aromatic N) is 1. The molecule has 2 rings (SSSR count). The number of benzene rings is 1. The van der Waals surface area contributed by atoms with Gasteiger partial charge in [0.25, 0.3) is 0 Å². The Morgan fingerprint density at radius 1 is 1.41 bits per heavy atom. The summed E-state index contributed by atoms with van der Waals surface area (Å²) in [7, 11) is 1.78. The van der Waals surface area contributed by atoms with Crippen molar-refractivity contribution in [2.24, 2.45) is 0 Å². The van der Waals surface area contributed by atoms with Gasteiger partial charge in [0.05, 0.1) is 6.10 Å². The lowest BCUT2D eigenvalue weighted by atomic mass is 10.1. The fourth-order valence-electron chi connectivity index (χ4n) is 1.86. The van der Waals surface area contributed by atoms with E-state index in [1.165, 1.54) is 0 Å². The molecule has 0 amide bonds. The molecule has 1 aliphatic rings. The Kier molecular flexibility index (Phi) is 4.73. The van der Waals surface area contributed by atoms with Crippen LogP contribution < -0.4 is 0 Å². The van der Waals surface area contributed by atoms with Gasteiger partial charge >= 0.3 is 0 Å². The molecule has 0 spiro atoms. The van der Waals surface area contributed by atoms with Crippen LogP contribution in [-0.4, -0.2) is 35.7 Å². The van der Waals surface area contributed by atoms with E-state index >= 15 is 0 Å². The molecule has 3 nitrogen and oxygen atoms in total. The van der Waals surface area contributed by atoms with Gasteiger partial charge in [0.15, 0.2) is 0 Å². The van der Waals surface area contributed by atoms with E-state index in [2.05, 4.69) is 20.2 Å². The summed E-state index contributed by atoms with van der Waals surface area (Å²) in [5, 5.41) is 9.47. The van der Waals surface area contributed by atoms with Gasteiger partial charge in [-0.05, 0) is 58.9 Å². The maximum atomic E-state index is 9.47. The molecule has 1 aromatic rings. The molecule has 0 saturated carbocycles. The second-order valence-electron chi connectivity index (χ2n) is 4.07. The molecule has 1 aromatic carbocycles. The zero-order chi connectivity index (χ0) is 12.3. The molecule has 94 valence electrons. The molecule has 1 saturated heterocycles. The topological polar surface area (TPSA) is 32.7 Å².